The van der Waals surface area contributed by atoms with Gasteiger partial charge in [0.15, 0.2) is 0 Å². The van der Waals surface area contributed by atoms with Crippen LogP contribution in [0.15, 0.2) is 42.7 Å². The van der Waals surface area contributed by atoms with Crippen molar-refractivity contribution in [3.63, 3.8) is 0 Å². The lowest BCUT2D eigenvalue weighted by Crippen LogP contribution is -2.56. The highest BCUT2D eigenvalue weighted by atomic mass is 16.5. The number of H-pyrrole nitrogens is 1. The SMILES string of the molecule is CCCNC(=O)N1CCC2(CC1)CN(C(=O)c1cccnc1)[C@@H](CO)c1[nH]c3cc(OC)ccc3c12. The van der Waals surface area contributed by atoms with Crippen molar-refractivity contribution >= 4 is 22.8 Å². The third-order valence-corrected chi connectivity index (χ3v) is 7.62. The predicted molar refractivity (Wildman–Crippen MR) is 136 cm³/mol. The highest BCUT2D eigenvalue weighted by molar-refractivity contribution is 5.95. The number of amides is 3. The van der Waals surface area contributed by atoms with Crippen molar-refractivity contribution in [2.24, 2.45) is 0 Å². The molecule has 1 spiro atoms. The molecule has 3 N–H and O–H groups in total. The van der Waals surface area contributed by atoms with Crippen LogP contribution in [0.4, 0.5) is 4.79 Å². The van der Waals surface area contributed by atoms with Crippen molar-refractivity contribution < 1.29 is 19.4 Å². The molecule has 2 aliphatic heterocycles. The van der Waals surface area contributed by atoms with Gasteiger partial charge in [-0.15, -0.1) is 0 Å². The molecule has 3 amide bonds. The molecule has 0 bridgehead atoms. The van der Waals surface area contributed by atoms with Crippen molar-refractivity contribution in [3.8, 4) is 5.75 Å². The lowest BCUT2D eigenvalue weighted by molar-refractivity contribution is 0.0367. The third kappa shape index (κ3) is 4.07. The summed E-state index contributed by atoms with van der Waals surface area (Å²) in [5, 5.41) is 14.5. The number of rotatable bonds is 5. The molecule has 2 aliphatic rings. The Kier molecular flexibility index (Phi) is 6.57. The molecule has 0 saturated carbocycles. The molecule has 2 aromatic heterocycles. The summed E-state index contributed by atoms with van der Waals surface area (Å²) in [5.41, 5.74) is 3.05. The number of methoxy groups -OCH3 is 1. The fraction of sp³-hybridized carbons (Fsp3) is 0.444. The van der Waals surface area contributed by atoms with E-state index in [9.17, 15) is 14.7 Å². The number of aliphatic hydroxyl groups is 1. The number of benzene rings is 1. The molecule has 1 aromatic carbocycles. The molecule has 3 aromatic rings. The Morgan fingerprint density at radius 3 is 2.75 bits per heavy atom. The van der Waals surface area contributed by atoms with E-state index >= 15 is 0 Å². The average Bonchev–Trinajstić information content (AvgIpc) is 3.31. The number of hydrogen-bond donors (Lipinski definition) is 3. The van der Waals surface area contributed by atoms with Crippen LogP contribution < -0.4 is 10.1 Å². The number of aliphatic hydroxyl groups excluding tert-OH is 1. The van der Waals surface area contributed by atoms with Gasteiger partial charge < -0.3 is 29.9 Å². The van der Waals surface area contributed by atoms with Crippen molar-refractivity contribution in [2.75, 3.05) is 39.9 Å². The lowest BCUT2D eigenvalue weighted by Gasteiger charge is -2.50. The second-order valence-electron chi connectivity index (χ2n) is 9.70. The summed E-state index contributed by atoms with van der Waals surface area (Å²) in [6.07, 6.45) is 5.52. The smallest absolute Gasteiger partial charge is 0.317 e. The number of carbonyl (C=O) groups excluding carboxylic acids is 2. The predicted octanol–water partition coefficient (Wildman–Crippen LogP) is 3.21. The zero-order valence-corrected chi connectivity index (χ0v) is 20.8. The zero-order chi connectivity index (χ0) is 25.3. The fourth-order valence-corrected chi connectivity index (χ4v) is 5.76. The number of carbonyl (C=O) groups is 2. The normalized spacial score (nSPS) is 18.8. The van der Waals surface area contributed by atoms with Gasteiger partial charge in [0, 0.05) is 66.7 Å². The fourth-order valence-electron chi connectivity index (χ4n) is 5.76. The number of likely N-dealkylation sites (tertiary alicyclic amines) is 1. The number of aromatic nitrogens is 2. The first-order valence-corrected chi connectivity index (χ1v) is 12.6. The van der Waals surface area contributed by atoms with Gasteiger partial charge in [-0.25, -0.2) is 4.79 Å². The minimum Gasteiger partial charge on any atom is -0.497 e. The summed E-state index contributed by atoms with van der Waals surface area (Å²) in [5.74, 6) is 0.577. The quantitative estimate of drug-likeness (QED) is 0.508. The van der Waals surface area contributed by atoms with Crippen molar-refractivity contribution in [1.29, 1.82) is 0 Å². The van der Waals surface area contributed by atoms with Gasteiger partial charge in [-0.05, 0) is 49.1 Å². The van der Waals surface area contributed by atoms with E-state index in [2.05, 4.69) is 21.4 Å². The minimum atomic E-state index is -0.511. The van der Waals surface area contributed by atoms with Crippen molar-refractivity contribution in [1.82, 2.24) is 25.1 Å². The van der Waals surface area contributed by atoms with E-state index in [-0.39, 0.29) is 24.0 Å². The van der Waals surface area contributed by atoms with Gasteiger partial charge in [-0.3, -0.25) is 9.78 Å². The molecule has 0 aliphatic carbocycles. The maximum Gasteiger partial charge on any atom is 0.317 e. The molecule has 0 radical (unpaired) electrons. The van der Waals surface area contributed by atoms with Gasteiger partial charge in [0.2, 0.25) is 0 Å². The van der Waals surface area contributed by atoms with E-state index < -0.39 is 6.04 Å². The highest BCUT2D eigenvalue weighted by Gasteiger charge is 2.49. The number of pyridine rings is 1. The number of urea groups is 1. The Bertz CT molecular complexity index is 1250. The molecule has 1 fully saturated rings. The van der Waals surface area contributed by atoms with Crippen LogP contribution in [-0.2, 0) is 5.41 Å². The third-order valence-electron chi connectivity index (χ3n) is 7.62. The number of nitrogens with one attached hydrogen (secondary N) is 2. The lowest BCUT2D eigenvalue weighted by atomic mass is 9.68. The van der Waals surface area contributed by atoms with E-state index in [0.717, 1.165) is 34.3 Å². The first-order valence-electron chi connectivity index (χ1n) is 12.6. The first kappa shape index (κ1) is 24.1. The largest absolute Gasteiger partial charge is 0.497 e. The topological polar surface area (TPSA) is 111 Å². The van der Waals surface area contributed by atoms with E-state index in [1.54, 1.807) is 36.5 Å². The van der Waals surface area contributed by atoms with Gasteiger partial charge in [0.05, 0.1) is 25.3 Å². The van der Waals surface area contributed by atoms with Gasteiger partial charge in [-0.2, -0.15) is 0 Å². The highest BCUT2D eigenvalue weighted by Crippen LogP contribution is 2.49. The monoisotopic (exact) mass is 491 g/mol. The summed E-state index contributed by atoms with van der Waals surface area (Å²) in [6, 6.07) is 8.90. The van der Waals surface area contributed by atoms with Gasteiger partial charge in [0.1, 0.15) is 5.75 Å². The molecular formula is C27H33N5O4. The standard InChI is InChI=1S/C27H33N5O4/c1-3-10-29-26(35)31-12-8-27(9-13-31)17-32(25(34)18-5-4-11-28-15-18)22(16-33)24-23(27)20-7-6-19(36-2)14-21(20)30-24/h4-7,11,14-15,22,30,33H,3,8-10,12-13,16-17H2,1-2H3,(H,29,35)/t22-/m0/s1. The van der Waals surface area contributed by atoms with Gasteiger partial charge in [0.25, 0.3) is 5.91 Å². The maximum atomic E-state index is 13.7. The summed E-state index contributed by atoms with van der Waals surface area (Å²) < 4.78 is 5.44. The van der Waals surface area contributed by atoms with Crippen LogP contribution in [0.3, 0.4) is 0 Å². The average molecular weight is 492 g/mol. The van der Waals surface area contributed by atoms with Crippen LogP contribution in [0.5, 0.6) is 5.75 Å². The Morgan fingerprint density at radius 2 is 2.08 bits per heavy atom. The summed E-state index contributed by atoms with van der Waals surface area (Å²) in [7, 11) is 1.63. The number of nitrogens with zero attached hydrogens (tertiary/aromatic N) is 3. The molecular weight excluding hydrogens is 458 g/mol. The molecule has 1 saturated heterocycles. The number of ether oxygens (including phenoxy) is 1. The summed E-state index contributed by atoms with van der Waals surface area (Å²) >= 11 is 0. The van der Waals surface area contributed by atoms with Crippen LogP contribution in [0.25, 0.3) is 10.9 Å². The minimum absolute atomic E-state index is 0.0390. The molecule has 1 atom stereocenters. The van der Waals surface area contributed by atoms with Crippen LogP contribution in [0, 0.1) is 0 Å². The molecule has 0 unspecified atom stereocenters. The van der Waals surface area contributed by atoms with Crippen LogP contribution in [0.2, 0.25) is 0 Å². The number of piperidine rings is 1. The second-order valence-corrected chi connectivity index (χ2v) is 9.70. The Morgan fingerprint density at radius 1 is 1.28 bits per heavy atom. The van der Waals surface area contributed by atoms with Gasteiger partial charge in [-0.1, -0.05) is 6.92 Å². The van der Waals surface area contributed by atoms with Gasteiger partial charge >= 0.3 is 6.03 Å². The van der Waals surface area contributed by atoms with Crippen molar-refractivity contribution in [3.05, 3.63) is 59.5 Å². The first-order chi connectivity index (χ1) is 17.5. The molecule has 5 rings (SSSR count). The molecule has 4 heterocycles. The zero-order valence-electron chi connectivity index (χ0n) is 20.8. The van der Waals surface area contributed by atoms with E-state index in [1.165, 1.54) is 0 Å². The molecule has 36 heavy (non-hydrogen) atoms. The van der Waals surface area contributed by atoms with Crippen LogP contribution >= 0.6 is 0 Å². The van der Waals surface area contributed by atoms with Crippen LogP contribution in [0.1, 0.15) is 53.8 Å². The Balaban J connectivity index is 1.57. The number of aromatic amines is 1. The molecule has 190 valence electrons. The number of fused-ring (bicyclic) bond motifs is 4. The molecule has 9 nitrogen and oxygen atoms in total. The second kappa shape index (κ2) is 9.81. The van der Waals surface area contributed by atoms with E-state index in [4.69, 9.17) is 4.74 Å². The summed E-state index contributed by atoms with van der Waals surface area (Å²) in [6.45, 7) is 4.13. The maximum absolute atomic E-state index is 13.7. The number of hydrogen-bond acceptors (Lipinski definition) is 5. The molecule has 9 heteroatoms. The van der Waals surface area contributed by atoms with Crippen molar-refractivity contribution in [2.45, 2.75) is 37.6 Å². The van der Waals surface area contributed by atoms with E-state index in [1.807, 2.05) is 24.0 Å². The Labute approximate surface area is 210 Å². The van der Waals surface area contributed by atoms with Crippen LogP contribution in [-0.4, -0.2) is 76.7 Å². The Hall–Kier alpha value is -3.59. The summed E-state index contributed by atoms with van der Waals surface area (Å²) in [4.78, 5) is 37.6. The van der Waals surface area contributed by atoms with E-state index in [0.29, 0.717) is 44.6 Å².